The second-order valence-corrected chi connectivity index (χ2v) is 15.1. The summed E-state index contributed by atoms with van der Waals surface area (Å²) >= 11 is 0. The van der Waals surface area contributed by atoms with E-state index in [0.29, 0.717) is 22.8 Å². The standard InChI is InChI=1S/C46H48N4O.Pt/c1-8-14-34-24-26-47-44(27-34)49-42-23-20-36(31(2)15-13-25-46(5,6)7)28-41(42)40-22-21-39(30-43(40)49)51-38-19-12-18-37(29-38)50-33(4)45(32(3)48-50)35-16-10-9-11-17-35;/h9-12,16-24,26-28,31H,8,13-15,25H2,1-7H3;/q-2;+2. The van der Waals surface area contributed by atoms with Crippen LogP contribution in [-0.4, -0.2) is 19.3 Å². The fourth-order valence-electron chi connectivity index (χ4n) is 7.32. The molecule has 0 aliphatic rings. The number of nitrogens with zero attached hydrogens (tertiary/aromatic N) is 4. The molecule has 0 aliphatic heterocycles. The third-order valence-electron chi connectivity index (χ3n) is 9.94. The maximum atomic E-state index is 6.51. The van der Waals surface area contributed by atoms with Gasteiger partial charge in [-0.3, -0.25) is 4.68 Å². The van der Waals surface area contributed by atoms with E-state index in [1.54, 1.807) is 0 Å². The molecule has 1 atom stereocenters. The summed E-state index contributed by atoms with van der Waals surface area (Å²) in [6, 6.07) is 38.9. The molecule has 52 heavy (non-hydrogen) atoms. The van der Waals surface area contributed by atoms with E-state index in [4.69, 9.17) is 14.8 Å². The van der Waals surface area contributed by atoms with Crippen LogP contribution in [0.2, 0.25) is 0 Å². The molecule has 7 rings (SSSR count). The summed E-state index contributed by atoms with van der Waals surface area (Å²) in [4.78, 5) is 4.87. The van der Waals surface area contributed by atoms with Gasteiger partial charge in [0.25, 0.3) is 0 Å². The first-order valence-electron chi connectivity index (χ1n) is 18.4. The Labute approximate surface area is 323 Å². The molecule has 0 bridgehead atoms. The third-order valence-corrected chi connectivity index (χ3v) is 9.94. The van der Waals surface area contributed by atoms with Crippen LogP contribution in [0.4, 0.5) is 0 Å². The van der Waals surface area contributed by atoms with Crippen molar-refractivity contribution >= 4 is 21.8 Å². The van der Waals surface area contributed by atoms with Gasteiger partial charge in [0.15, 0.2) is 0 Å². The molecule has 0 radical (unpaired) electrons. The van der Waals surface area contributed by atoms with Gasteiger partial charge in [-0.15, -0.1) is 35.7 Å². The average molecular weight is 868 g/mol. The quantitative estimate of drug-likeness (QED) is 0.122. The van der Waals surface area contributed by atoms with E-state index in [-0.39, 0.29) is 21.1 Å². The number of hydrogen-bond donors (Lipinski definition) is 0. The van der Waals surface area contributed by atoms with Gasteiger partial charge in [-0.25, -0.2) is 4.98 Å². The number of aryl methyl sites for hydroxylation is 2. The van der Waals surface area contributed by atoms with Crippen LogP contribution in [0.15, 0.2) is 97.2 Å². The summed E-state index contributed by atoms with van der Waals surface area (Å²) in [7, 11) is 0. The molecule has 0 N–H and O–H groups in total. The zero-order valence-electron chi connectivity index (χ0n) is 31.4. The van der Waals surface area contributed by atoms with Crippen molar-refractivity contribution in [3.8, 4) is 34.1 Å². The number of benzene rings is 4. The predicted octanol–water partition coefficient (Wildman–Crippen LogP) is 12.3. The van der Waals surface area contributed by atoms with Gasteiger partial charge >= 0.3 is 21.1 Å². The van der Waals surface area contributed by atoms with Crippen molar-refractivity contribution in [2.24, 2.45) is 5.41 Å². The zero-order valence-corrected chi connectivity index (χ0v) is 33.6. The van der Waals surface area contributed by atoms with Gasteiger partial charge in [0.05, 0.1) is 5.69 Å². The van der Waals surface area contributed by atoms with Crippen molar-refractivity contribution in [3.63, 3.8) is 0 Å². The second kappa shape index (κ2) is 15.6. The molecule has 0 aliphatic carbocycles. The van der Waals surface area contributed by atoms with Crippen LogP contribution in [-0.2, 0) is 27.5 Å². The molecule has 4 aromatic carbocycles. The molecule has 268 valence electrons. The Kier molecular flexibility index (Phi) is 11.2. The summed E-state index contributed by atoms with van der Waals surface area (Å²) in [6.07, 6.45) is 7.64. The molecule has 5 nitrogen and oxygen atoms in total. The molecule has 0 fully saturated rings. The maximum Gasteiger partial charge on any atom is 2.00 e. The molecule has 0 saturated heterocycles. The van der Waals surface area contributed by atoms with Gasteiger partial charge in [-0.2, -0.15) is 17.2 Å². The van der Waals surface area contributed by atoms with Gasteiger partial charge < -0.3 is 9.30 Å². The Morgan fingerprint density at radius 2 is 1.63 bits per heavy atom. The van der Waals surface area contributed by atoms with Crippen molar-refractivity contribution < 1.29 is 25.8 Å². The van der Waals surface area contributed by atoms with Gasteiger partial charge in [0.1, 0.15) is 5.82 Å². The third kappa shape index (κ3) is 7.81. The van der Waals surface area contributed by atoms with Crippen LogP contribution >= 0.6 is 0 Å². The number of aromatic nitrogens is 4. The number of rotatable bonds is 11. The van der Waals surface area contributed by atoms with E-state index in [1.165, 1.54) is 35.8 Å². The first-order chi connectivity index (χ1) is 24.6. The maximum absolute atomic E-state index is 6.51. The Hall–Kier alpha value is -4.47. The van der Waals surface area contributed by atoms with Crippen molar-refractivity contribution in [2.45, 2.75) is 86.5 Å². The van der Waals surface area contributed by atoms with Gasteiger partial charge in [0.2, 0.25) is 0 Å². The summed E-state index contributed by atoms with van der Waals surface area (Å²) in [6.45, 7) is 15.7. The Bertz CT molecular complexity index is 2310. The average Bonchev–Trinajstić information content (AvgIpc) is 3.60. The first-order valence-corrected chi connectivity index (χ1v) is 18.4. The minimum atomic E-state index is 0. The topological polar surface area (TPSA) is 44.9 Å². The molecule has 3 aromatic heterocycles. The van der Waals surface area contributed by atoms with Crippen molar-refractivity contribution in [1.82, 2.24) is 19.3 Å². The normalized spacial score (nSPS) is 12.3. The van der Waals surface area contributed by atoms with Crippen LogP contribution in [0.25, 0.3) is 44.4 Å². The Morgan fingerprint density at radius 1 is 0.846 bits per heavy atom. The summed E-state index contributed by atoms with van der Waals surface area (Å²) in [5.74, 6) is 2.60. The van der Waals surface area contributed by atoms with E-state index in [9.17, 15) is 0 Å². The number of fused-ring (bicyclic) bond motifs is 3. The van der Waals surface area contributed by atoms with Crippen molar-refractivity contribution in [3.05, 3.63) is 132 Å². The second-order valence-electron chi connectivity index (χ2n) is 15.1. The molecular formula is C46H48N4OPt. The van der Waals surface area contributed by atoms with E-state index < -0.39 is 0 Å². The fourth-order valence-corrected chi connectivity index (χ4v) is 7.32. The first kappa shape index (κ1) is 37.3. The van der Waals surface area contributed by atoms with Crippen LogP contribution in [0.3, 0.4) is 0 Å². The molecule has 1 unspecified atom stereocenters. The Balaban J connectivity index is 0.00000464. The fraction of sp³-hybridized carbons (Fsp3) is 0.304. The Morgan fingerprint density at radius 3 is 2.40 bits per heavy atom. The summed E-state index contributed by atoms with van der Waals surface area (Å²) in [5, 5.41) is 7.24. The van der Waals surface area contributed by atoms with Crippen molar-refractivity contribution in [2.75, 3.05) is 0 Å². The molecule has 0 spiro atoms. The molecule has 3 heterocycles. The predicted molar refractivity (Wildman–Crippen MR) is 211 cm³/mol. The SMILES string of the molecule is CCCc1ccnc(-n2c3[c-]c(Oc4[c-]c(-n5nc(C)c(-c6ccccc6)c5C)ccc4)ccc3c3cc(C(C)CCCC(C)(C)C)ccc32)c1.[Pt+2]. The van der Waals surface area contributed by atoms with Gasteiger partial charge in [0, 0.05) is 34.5 Å². The van der Waals surface area contributed by atoms with Crippen LogP contribution in [0.1, 0.15) is 88.7 Å². The molecule has 0 saturated carbocycles. The molecule has 7 aromatic rings. The van der Waals surface area contributed by atoms with Crippen LogP contribution in [0.5, 0.6) is 11.5 Å². The van der Waals surface area contributed by atoms with E-state index >= 15 is 0 Å². The monoisotopic (exact) mass is 867 g/mol. The molecule has 0 amide bonds. The number of pyridine rings is 1. The molecular weight excluding hydrogens is 820 g/mol. The van der Waals surface area contributed by atoms with Crippen molar-refractivity contribution in [1.29, 1.82) is 0 Å². The minimum Gasteiger partial charge on any atom is -0.509 e. The van der Waals surface area contributed by atoms with E-state index in [2.05, 4.69) is 126 Å². The van der Waals surface area contributed by atoms with Gasteiger partial charge in [-0.1, -0.05) is 95.4 Å². The summed E-state index contributed by atoms with van der Waals surface area (Å²) < 4.78 is 10.7. The van der Waals surface area contributed by atoms with E-state index in [1.807, 2.05) is 41.2 Å². The van der Waals surface area contributed by atoms with Gasteiger partial charge in [-0.05, 0) is 90.4 Å². The van der Waals surface area contributed by atoms with Crippen LogP contribution < -0.4 is 4.74 Å². The zero-order chi connectivity index (χ0) is 35.7. The summed E-state index contributed by atoms with van der Waals surface area (Å²) in [5.41, 5.74) is 10.2. The smallest absolute Gasteiger partial charge is 0.509 e. The largest absolute Gasteiger partial charge is 2.00 e. The molecule has 6 heteroatoms. The van der Waals surface area contributed by atoms with Crippen LogP contribution in [0, 0.1) is 31.4 Å². The number of hydrogen-bond acceptors (Lipinski definition) is 3. The number of ether oxygens (including phenoxy) is 1. The minimum absolute atomic E-state index is 0. The van der Waals surface area contributed by atoms with E-state index in [0.717, 1.165) is 63.3 Å².